The molecule has 1 atom stereocenters. The van der Waals surface area contributed by atoms with Gasteiger partial charge in [0.15, 0.2) is 0 Å². The van der Waals surface area contributed by atoms with Crippen molar-refractivity contribution in [2.45, 2.75) is 32.1 Å². The lowest BCUT2D eigenvalue weighted by Crippen LogP contribution is -2.39. The average molecular weight is 386 g/mol. The van der Waals surface area contributed by atoms with Crippen LogP contribution < -0.4 is 4.74 Å². The number of aromatic nitrogens is 2. The topological polar surface area (TPSA) is 47.4 Å². The van der Waals surface area contributed by atoms with Gasteiger partial charge in [-0.1, -0.05) is 17.7 Å². The first-order chi connectivity index (χ1) is 13.1. The highest BCUT2D eigenvalue weighted by atomic mass is 35.5. The fraction of sp³-hybridized carbons (Fsp3) is 0.429. The number of methoxy groups -OCH3 is 1. The molecule has 1 aliphatic carbocycles. The van der Waals surface area contributed by atoms with Crippen LogP contribution in [-0.4, -0.2) is 34.2 Å². The molecule has 1 fully saturated rings. The zero-order chi connectivity index (χ0) is 19.0. The van der Waals surface area contributed by atoms with Crippen LogP contribution in [0.2, 0.25) is 5.02 Å². The molecule has 142 valence electrons. The van der Waals surface area contributed by atoms with Gasteiger partial charge in [0.05, 0.1) is 29.6 Å². The molecule has 2 aromatic rings. The van der Waals surface area contributed by atoms with Crippen molar-refractivity contribution >= 4 is 17.5 Å². The van der Waals surface area contributed by atoms with Crippen LogP contribution >= 0.6 is 11.6 Å². The van der Waals surface area contributed by atoms with Gasteiger partial charge in [-0.05, 0) is 56.2 Å². The summed E-state index contributed by atoms with van der Waals surface area (Å²) in [6.07, 6.45) is 9.63. The van der Waals surface area contributed by atoms with Crippen LogP contribution in [0.4, 0.5) is 0 Å². The summed E-state index contributed by atoms with van der Waals surface area (Å²) in [6, 6.07) is 5.56. The minimum absolute atomic E-state index is 0.0305. The van der Waals surface area contributed by atoms with Crippen molar-refractivity contribution in [1.82, 2.24) is 14.7 Å². The summed E-state index contributed by atoms with van der Waals surface area (Å²) in [6.45, 7) is 0.777. The molecule has 0 radical (unpaired) electrons. The van der Waals surface area contributed by atoms with Crippen molar-refractivity contribution in [3.63, 3.8) is 0 Å². The first kappa shape index (κ1) is 18.1. The van der Waals surface area contributed by atoms with Crippen molar-refractivity contribution in [2.75, 3.05) is 13.7 Å². The van der Waals surface area contributed by atoms with Gasteiger partial charge < -0.3 is 9.64 Å². The van der Waals surface area contributed by atoms with Crippen molar-refractivity contribution in [3.05, 3.63) is 46.8 Å². The second kappa shape index (κ2) is 7.39. The molecule has 5 nitrogen and oxygen atoms in total. The van der Waals surface area contributed by atoms with Crippen LogP contribution in [0.1, 0.15) is 42.5 Å². The van der Waals surface area contributed by atoms with E-state index in [2.05, 4.69) is 11.2 Å². The second-order valence-corrected chi connectivity index (χ2v) is 7.64. The standard InChI is InChI=1S/C21H24ClN3O2/c1-24-20(15-9-10-19(27-2)17(22)12-15)16(13-23-24)21(26)25-11-5-7-14-6-3-4-8-18(14)25/h8-10,12-14H,3-7,11H2,1-2H3. The Kier molecular flexibility index (Phi) is 4.96. The van der Waals surface area contributed by atoms with Crippen molar-refractivity contribution in [2.24, 2.45) is 13.0 Å². The van der Waals surface area contributed by atoms with Gasteiger partial charge in [-0.25, -0.2) is 0 Å². The van der Waals surface area contributed by atoms with Crippen molar-refractivity contribution in [1.29, 1.82) is 0 Å². The van der Waals surface area contributed by atoms with Gasteiger partial charge in [0, 0.05) is 24.9 Å². The third kappa shape index (κ3) is 3.25. The highest BCUT2D eigenvalue weighted by Crippen LogP contribution is 2.37. The van der Waals surface area contributed by atoms with E-state index in [0.717, 1.165) is 30.6 Å². The molecule has 1 aromatic carbocycles. The summed E-state index contributed by atoms with van der Waals surface area (Å²) < 4.78 is 6.98. The van der Waals surface area contributed by atoms with Crippen LogP contribution in [0.5, 0.6) is 5.75 Å². The number of aryl methyl sites for hydroxylation is 1. The molecular weight excluding hydrogens is 362 g/mol. The SMILES string of the molecule is COc1ccc(-c2c(C(=O)N3CCCC4CCCC=C43)cnn2C)cc1Cl. The zero-order valence-electron chi connectivity index (χ0n) is 15.7. The highest BCUT2D eigenvalue weighted by Gasteiger charge is 2.32. The Morgan fingerprint density at radius 1 is 1.30 bits per heavy atom. The van der Waals surface area contributed by atoms with Crippen LogP contribution in [0.25, 0.3) is 11.3 Å². The number of hydrogen-bond donors (Lipinski definition) is 0. The number of rotatable bonds is 3. The third-order valence-electron chi connectivity index (χ3n) is 5.61. The Morgan fingerprint density at radius 2 is 2.11 bits per heavy atom. The van der Waals surface area contributed by atoms with Crippen molar-refractivity contribution < 1.29 is 9.53 Å². The number of nitrogens with zero attached hydrogens (tertiary/aromatic N) is 3. The van der Waals surface area contributed by atoms with E-state index in [1.165, 1.54) is 25.0 Å². The normalized spacial score (nSPS) is 19.4. The molecular formula is C21H24ClN3O2. The molecule has 0 saturated carbocycles. The van der Waals surface area contributed by atoms with Crippen molar-refractivity contribution in [3.8, 4) is 17.0 Å². The van der Waals surface area contributed by atoms with E-state index in [4.69, 9.17) is 16.3 Å². The molecule has 6 heteroatoms. The predicted octanol–water partition coefficient (Wildman–Crippen LogP) is 4.67. The number of allylic oxidation sites excluding steroid dienone is 2. The maximum absolute atomic E-state index is 13.4. The minimum Gasteiger partial charge on any atom is -0.495 e. The molecule has 2 heterocycles. The number of hydrogen-bond acceptors (Lipinski definition) is 3. The average Bonchev–Trinajstić information content (AvgIpc) is 3.08. The van der Waals surface area contributed by atoms with Gasteiger partial charge in [0.25, 0.3) is 5.91 Å². The molecule has 1 aliphatic heterocycles. The van der Waals surface area contributed by atoms with Gasteiger partial charge in [-0.2, -0.15) is 5.10 Å². The first-order valence-corrected chi connectivity index (χ1v) is 9.85. The van der Waals surface area contributed by atoms with Gasteiger partial charge in [-0.3, -0.25) is 9.48 Å². The summed E-state index contributed by atoms with van der Waals surface area (Å²) in [7, 11) is 3.44. The lowest BCUT2D eigenvalue weighted by Gasteiger charge is -2.38. The zero-order valence-corrected chi connectivity index (χ0v) is 16.5. The van der Waals surface area contributed by atoms with Crippen LogP contribution in [0.15, 0.2) is 36.2 Å². The number of carbonyl (C=O) groups is 1. The number of likely N-dealkylation sites (tertiary alicyclic amines) is 1. The number of piperidine rings is 1. The molecule has 0 bridgehead atoms. The molecule has 2 aliphatic rings. The summed E-state index contributed by atoms with van der Waals surface area (Å²) in [5, 5.41) is 4.88. The van der Waals surface area contributed by atoms with E-state index >= 15 is 0 Å². The maximum atomic E-state index is 13.4. The van der Waals surface area contributed by atoms with E-state index in [1.807, 2.05) is 30.1 Å². The highest BCUT2D eigenvalue weighted by molar-refractivity contribution is 6.32. The summed E-state index contributed by atoms with van der Waals surface area (Å²) in [5.41, 5.74) is 3.46. The Hall–Kier alpha value is -2.27. The molecule has 1 amide bonds. The van der Waals surface area contributed by atoms with Crippen LogP contribution in [-0.2, 0) is 7.05 Å². The van der Waals surface area contributed by atoms with E-state index in [1.54, 1.807) is 18.0 Å². The monoisotopic (exact) mass is 385 g/mol. The molecule has 0 N–H and O–H groups in total. The molecule has 4 rings (SSSR count). The van der Waals surface area contributed by atoms with E-state index in [9.17, 15) is 4.79 Å². The molecule has 27 heavy (non-hydrogen) atoms. The largest absolute Gasteiger partial charge is 0.495 e. The minimum atomic E-state index is 0.0305. The predicted molar refractivity (Wildman–Crippen MR) is 106 cm³/mol. The van der Waals surface area contributed by atoms with Crippen LogP contribution in [0, 0.1) is 5.92 Å². The Labute approximate surface area is 164 Å². The number of fused-ring (bicyclic) bond motifs is 1. The molecule has 1 unspecified atom stereocenters. The molecule has 1 saturated heterocycles. The quantitative estimate of drug-likeness (QED) is 0.771. The van der Waals surface area contributed by atoms with Gasteiger partial charge >= 0.3 is 0 Å². The van der Waals surface area contributed by atoms with Gasteiger partial charge in [0.1, 0.15) is 5.75 Å². The fourth-order valence-electron chi connectivity index (χ4n) is 4.29. The molecule has 0 spiro atoms. The maximum Gasteiger partial charge on any atom is 0.261 e. The second-order valence-electron chi connectivity index (χ2n) is 7.24. The number of carbonyl (C=O) groups excluding carboxylic acids is 1. The fourth-order valence-corrected chi connectivity index (χ4v) is 4.55. The van der Waals surface area contributed by atoms with Gasteiger partial charge in [0.2, 0.25) is 0 Å². The summed E-state index contributed by atoms with van der Waals surface area (Å²) in [5.74, 6) is 1.16. The Bertz CT molecular complexity index is 903. The third-order valence-corrected chi connectivity index (χ3v) is 5.91. The number of halogens is 1. The summed E-state index contributed by atoms with van der Waals surface area (Å²) >= 11 is 6.31. The Morgan fingerprint density at radius 3 is 2.89 bits per heavy atom. The number of benzene rings is 1. The molecule has 1 aromatic heterocycles. The summed E-state index contributed by atoms with van der Waals surface area (Å²) in [4.78, 5) is 15.4. The van der Waals surface area contributed by atoms with E-state index in [-0.39, 0.29) is 5.91 Å². The lowest BCUT2D eigenvalue weighted by atomic mass is 9.84. The van der Waals surface area contributed by atoms with Gasteiger partial charge in [-0.15, -0.1) is 0 Å². The number of ether oxygens (including phenoxy) is 1. The smallest absolute Gasteiger partial charge is 0.261 e. The first-order valence-electron chi connectivity index (χ1n) is 9.48. The number of amides is 1. The lowest BCUT2D eigenvalue weighted by molar-refractivity contribution is 0.0749. The van der Waals surface area contributed by atoms with E-state index < -0.39 is 0 Å². The van der Waals surface area contributed by atoms with E-state index in [0.29, 0.717) is 22.3 Å². The van der Waals surface area contributed by atoms with Crippen LogP contribution in [0.3, 0.4) is 0 Å². The Balaban J connectivity index is 1.72.